The molecule has 0 amide bonds. The summed E-state index contributed by atoms with van der Waals surface area (Å²) in [6.45, 7) is 1.85. The first-order valence-corrected chi connectivity index (χ1v) is 4.95. The number of hydrogen-bond donors (Lipinski definition) is 1. The van der Waals surface area contributed by atoms with Gasteiger partial charge in [0.1, 0.15) is 0 Å². The van der Waals surface area contributed by atoms with E-state index in [1.54, 1.807) is 14.2 Å². The van der Waals surface area contributed by atoms with Crippen LogP contribution in [0.2, 0.25) is 0 Å². The summed E-state index contributed by atoms with van der Waals surface area (Å²) in [5, 5.41) is 9.21. The summed E-state index contributed by atoms with van der Waals surface area (Å²) in [5.74, 6) is 1.21. The Kier molecular flexibility index (Phi) is 3.77. The van der Waals surface area contributed by atoms with Gasteiger partial charge in [-0.15, -0.1) is 0 Å². The van der Waals surface area contributed by atoms with Crippen molar-refractivity contribution in [3.63, 3.8) is 0 Å². The van der Waals surface area contributed by atoms with Gasteiger partial charge in [0.2, 0.25) is 0 Å². The van der Waals surface area contributed by atoms with Gasteiger partial charge in [-0.25, -0.2) is 0 Å². The van der Waals surface area contributed by atoms with Gasteiger partial charge in [-0.05, 0) is 18.6 Å². The van der Waals surface area contributed by atoms with E-state index in [9.17, 15) is 5.11 Å². The maximum atomic E-state index is 9.21. The Hall–Kier alpha value is -0.740. The third-order valence-corrected chi connectivity index (χ3v) is 3.14. The number of rotatable bonds is 3. The number of aliphatic hydroxyl groups is 1. The minimum atomic E-state index is -0.0816. The van der Waals surface area contributed by atoms with Crippen LogP contribution in [0.5, 0.6) is 11.5 Å². The van der Waals surface area contributed by atoms with E-state index in [0.29, 0.717) is 17.1 Å². The van der Waals surface area contributed by atoms with Crippen LogP contribution in [0.1, 0.15) is 11.1 Å². The highest BCUT2D eigenvalue weighted by Gasteiger charge is 2.15. The Balaban J connectivity index is 3.42. The number of ether oxygens (including phenoxy) is 2. The Bertz CT molecular complexity index is 337. The molecular weight excluding hydrogens is 248 g/mol. The van der Waals surface area contributed by atoms with Crippen LogP contribution in [-0.4, -0.2) is 19.3 Å². The minimum absolute atomic E-state index is 0.0816. The normalized spacial score (nSPS) is 10.1. The Morgan fingerprint density at radius 1 is 1.36 bits per heavy atom. The van der Waals surface area contributed by atoms with E-state index in [0.717, 1.165) is 10.0 Å². The van der Waals surface area contributed by atoms with Crippen LogP contribution in [-0.2, 0) is 6.61 Å². The highest BCUT2D eigenvalue weighted by atomic mass is 79.9. The lowest BCUT2D eigenvalue weighted by Gasteiger charge is -2.14. The lowest BCUT2D eigenvalue weighted by molar-refractivity contribution is 0.269. The monoisotopic (exact) mass is 260 g/mol. The maximum absolute atomic E-state index is 9.21. The van der Waals surface area contributed by atoms with Gasteiger partial charge in [0.05, 0.1) is 20.8 Å². The van der Waals surface area contributed by atoms with Gasteiger partial charge >= 0.3 is 0 Å². The van der Waals surface area contributed by atoms with E-state index < -0.39 is 0 Å². The number of methoxy groups -OCH3 is 2. The number of aliphatic hydroxyl groups excluding tert-OH is 1. The van der Waals surface area contributed by atoms with Crippen LogP contribution in [0.15, 0.2) is 10.5 Å². The van der Waals surface area contributed by atoms with Crippen molar-refractivity contribution < 1.29 is 14.6 Å². The highest BCUT2D eigenvalue weighted by Crippen LogP contribution is 2.38. The molecular formula is C10H13BrO3. The largest absolute Gasteiger partial charge is 0.493 e. The van der Waals surface area contributed by atoms with Gasteiger partial charge in [-0.1, -0.05) is 15.9 Å². The molecule has 0 bridgehead atoms. The van der Waals surface area contributed by atoms with Crippen molar-refractivity contribution in [1.29, 1.82) is 0 Å². The predicted molar refractivity (Wildman–Crippen MR) is 57.9 cm³/mol. The van der Waals surface area contributed by atoms with Gasteiger partial charge in [0, 0.05) is 10.0 Å². The standard InChI is InChI=1S/C10H13BrO3/c1-6-4-8(13-2)10(14-3)7(5-12)9(6)11/h4,12H,5H2,1-3H3. The van der Waals surface area contributed by atoms with Crippen molar-refractivity contribution in [3.05, 3.63) is 21.7 Å². The molecule has 0 fully saturated rings. The van der Waals surface area contributed by atoms with Crippen molar-refractivity contribution in [1.82, 2.24) is 0 Å². The fourth-order valence-corrected chi connectivity index (χ4v) is 1.75. The molecule has 4 heteroatoms. The van der Waals surface area contributed by atoms with E-state index in [1.807, 2.05) is 13.0 Å². The molecule has 0 aliphatic heterocycles. The molecule has 0 radical (unpaired) electrons. The van der Waals surface area contributed by atoms with Crippen molar-refractivity contribution in [2.24, 2.45) is 0 Å². The molecule has 0 aliphatic carbocycles. The summed E-state index contributed by atoms with van der Waals surface area (Å²) < 4.78 is 11.2. The van der Waals surface area contributed by atoms with Gasteiger partial charge in [-0.2, -0.15) is 0 Å². The summed E-state index contributed by atoms with van der Waals surface area (Å²) in [4.78, 5) is 0. The molecule has 0 saturated carbocycles. The summed E-state index contributed by atoms with van der Waals surface area (Å²) in [7, 11) is 3.13. The first-order valence-electron chi connectivity index (χ1n) is 4.16. The van der Waals surface area contributed by atoms with Crippen LogP contribution in [0, 0.1) is 6.92 Å². The molecule has 0 aromatic heterocycles. The Labute approximate surface area is 91.8 Å². The van der Waals surface area contributed by atoms with Crippen LogP contribution in [0.25, 0.3) is 0 Å². The maximum Gasteiger partial charge on any atom is 0.167 e. The Morgan fingerprint density at radius 3 is 2.43 bits per heavy atom. The van der Waals surface area contributed by atoms with E-state index in [1.165, 1.54) is 0 Å². The zero-order valence-corrected chi connectivity index (χ0v) is 10.0. The number of hydrogen-bond acceptors (Lipinski definition) is 3. The number of benzene rings is 1. The molecule has 14 heavy (non-hydrogen) atoms. The molecule has 1 aromatic carbocycles. The van der Waals surface area contributed by atoms with Crippen molar-refractivity contribution in [2.45, 2.75) is 13.5 Å². The number of halogens is 1. The molecule has 0 unspecified atom stereocenters. The first kappa shape index (κ1) is 11.3. The first-order chi connectivity index (χ1) is 6.65. The summed E-state index contributed by atoms with van der Waals surface area (Å²) >= 11 is 3.40. The molecule has 0 aliphatic rings. The topological polar surface area (TPSA) is 38.7 Å². The van der Waals surface area contributed by atoms with Crippen LogP contribution in [0.3, 0.4) is 0 Å². The zero-order valence-electron chi connectivity index (χ0n) is 8.43. The van der Waals surface area contributed by atoms with Crippen molar-refractivity contribution in [2.75, 3.05) is 14.2 Å². The molecule has 78 valence electrons. The smallest absolute Gasteiger partial charge is 0.167 e. The van der Waals surface area contributed by atoms with Crippen LogP contribution < -0.4 is 9.47 Å². The molecule has 1 aromatic rings. The highest BCUT2D eigenvalue weighted by molar-refractivity contribution is 9.10. The van der Waals surface area contributed by atoms with Crippen molar-refractivity contribution >= 4 is 15.9 Å². The van der Waals surface area contributed by atoms with Gasteiger partial charge in [0.15, 0.2) is 11.5 Å². The SMILES string of the molecule is COc1cc(C)c(Br)c(CO)c1OC. The Morgan fingerprint density at radius 2 is 2.00 bits per heavy atom. The third kappa shape index (κ3) is 1.86. The van der Waals surface area contributed by atoms with E-state index in [4.69, 9.17) is 9.47 Å². The van der Waals surface area contributed by atoms with Crippen molar-refractivity contribution in [3.8, 4) is 11.5 Å². The lowest BCUT2D eigenvalue weighted by Crippen LogP contribution is -1.98. The van der Waals surface area contributed by atoms with Gasteiger partial charge < -0.3 is 14.6 Å². The quantitative estimate of drug-likeness (QED) is 0.907. The third-order valence-electron chi connectivity index (χ3n) is 2.04. The van der Waals surface area contributed by atoms with E-state index in [-0.39, 0.29) is 6.61 Å². The van der Waals surface area contributed by atoms with Gasteiger partial charge in [-0.3, -0.25) is 0 Å². The molecule has 0 saturated heterocycles. The molecule has 0 heterocycles. The fourth-order valence-electron chi connectivity index (χ4n) is 1.33. The second-order valence-corrected chi connectivity index (χ2v) is 3.67. The molecule has 0 spiro atoms. The predicted octanol–water partition coefficient (Wildman–Crippen LogP) is 2.27. The zero-order chi connectivity index (χ0) is 10.7. The average Bonchev–Trinajstić information content (AvgIpc) is 2.20. The fraction of sp³-hybridized carbons (Fsp3) is 0.400. The van der Waals surface area contributed by atoms with Crippen LogP contribution >= 0.6 is 15.9 Å². The molecule has 3 nitrogen and oxygen atoms in total. The summed E-state index contributed by atoms with van der Waals surface area (Å²) in [6, 6.07) is 1.86. The van der Waals surface area contributed by atoms with Crippen LogP contribution in [0.4, 0.5) is 0 Å². The summed E-state index contributed by atoms with van der Waals surface area (Å²) in [6.07, 6.45) is 0. The summed E-state index contributed by atoms with van der Waals surface area (Å²) in [5.41, 5.74) is 1.72. The second-order valence-electron chi connectivity index (χ2n) is 2.88. The second kappa shape index (κ2) is 4.66. The lowest BCUT2D eigenvalue weighted by atomic mass is 10.1. The molecule has 1 rings (SSSR count). The van der Waals surface area contributed by atoms with E-state index >= 15 is 0 Å². The molecule has 0 atom stereocenters. The number of aryl methyl sites for hydroxylation is 1. The average molecular weight is 261 g/mol. The minimum Gasteiger partial charge on any atom is -0.493 e. The van der Waals surface area contributed by atoms with Gasteiger partial charge in [0.25, 0.3) is 0 Å². The van der Waals surface area contributed by atoms with E-state index in [2.05, 4.69) is 15.9 Å². The molecule has 1 N–H and O–H groups in total.